The first-order chi connectivity index (χ1) is 14.7. The Morgan fingerprint density at radius 2 is 1.84 bits per heavy atom. The lowest BCUT2D eigenvalue weighted by Gasteiger charge is -2.27. The number of benzene rings is 1. The standard InChI is InChI=1S/C14H28N2O.C10H6FNO2/c1-10(2)6-12-8-15-14(17)13(7-11(3)4)16(5)9-12;11-8-3-1-7(2-4-8)10-5-9(6-13)12-14-10/h10-13H,6-9H2,1-5H3,(H,15,17);1-6H. The molecule has 1 aliphatic heterocycles. The zero-order valence-corrected chi connectivity index (χ0v) is 19.1. The van der Waals surface area contributed by atoms with E-state index >= 15 is 0 Å². The van der Waals surface area contributed by atoms with Crippen LogP contribution in [0.25, 0.3) is 11.3 Å². The molecule has 31 heavy (non-hydrogen) atoms. The Morgan fingerprint density at radius 3 is 2.39 bits per heavy atom. The molecule has 3 rings (SSSR count). The molecule has 170 valence electrons. The summed E-state index contributed by atoms with van der Waals surface area (Å²) >= 11 is 0. The van der Waals surface area contributed by atoms with E-state index < -0.39 is 0 Å². The van der Waals surface area contributed by atoms with Gasteiger partial charge in [-0.15, -0.1) is 0 Å². The summed E-state index contributed by atoms with van der Waals surface area (Å²) in [6, 6.07) is 7.32. The molecule has 2 heterocycles. The number of carbonyl (C=O) groups excluding carboxylic acids is 2. The van der Waals surface area contributed by atoms with Gasteiger partial charge in [0.05, 0.1) is 6.04 Å². The predicted molar refractivity (Wildman–Crippen MR) is 119 cm³/mol. The third-order valence-electron chi connectivity index (χ3n) is 5.22. The summed E-state index contributed by atoms with van der Waals surface area (Å²) < 4.78 is 17.4. The fourth-order valence-electron chi connectivity index (χ4n) is 3.81. The fraction of sp³-hybridized carbons (Fsp3) is 0.542. The van der Waals surface area contributed by atoms with Gasteiger partial charge in [0.1, 0.15) is 11.5 Å². The highest BCUT2D eigenvalue weighted by atomic mass is 19.1. The van der Waals surface area contributed by atoms with Crippen LogP contribution in [-0.2, 0) is 4.79 Å². The van der Waals surface area contributed by atoms with Crippen molar-refractivity contribution in [3.63, 3.8) is 0 Å². The van der Waals surface area contributed by atoms with Gasteiger partial charge in [0.25, 0.3) is 0 Å². The quantitative estimate of drug-likeness (QED) is 0.686. The molecular weight excluding hydrogens is 397 g/mol. The van der Waals surface area contributed by atoms with Crippen LogP contribution in [0.2, 0.25) is 0 Å². The van der Waals surface area contributed by atoms with E-state index in [9.17, 15) is 14.0 Å². The normalized spacial score (nSPS) is 19.5. The lowest BCUT2D eigenvalue weighted by molar-refractivity contribution is -0.125. The largest absolute Gasteiger partial charge is 0.356 e. The molecule has 0 spiro atoms. The Labute approximate surface area is 184 Å². The van der Waals surface area contributed by atoms with Gasteiger partial charge in [0, 0.05) is 24.7 Å². The smallest absolute Gasteiger partial charge is 0.237 e. The number of aromatic nitrogens is 1. The minimum atomic E-state index is -0.316. The Kier molecular flexibility index (Phi) is 9.37. The zero-order valence-electron chi connectivity index (χ0n) is 19.1. The summed E-state index contributed by atoms with van der Waals surface area (Å²) in [7, 11) is 2.09. The van der Waals surface area contributed by atoms with Gasteiger partial charge in [-0.1, -0.05) is 32.9 Å². The van der Waals surface area contributed by atoms with Crippen molar-refractivity contribution in [3.8, 4) is 11.3 Å². The lowest BCUT2D eigenvalue weighted by Crippen LogP contribution is -2.43. The lowest BCUT2D eigenvalue weighted by atomic mass is 9.96. The molecule has 1 aliphatic rings. The van der Waals surface area contributed by atoms with E-state index in [2.05, 4.69) is 50.1 Å². The van der Waals surface area contributed by atoms with Gasteiger partial charge in [0.15, 0.2) is 12.0 Å². The molecule has 0 bridgehead atoms. The van der Waals surface area contributed by atoms with Gasteiger partial charge in [0.2, 0.25) is 5.91 Å². The number of hydrogen-bond donors (Lipinski definition) is 1. The molecule has 1 N–H and O–H groups in total. The fourth-order valence-corrected chi connectivity index (χ4v) is 3.81. The first-order valence-electron chi connectivity index (χ1n) is 10.8. The Balaban J connectivity index is 0.000000224. The van der Waals surface area contributed by atoms with Gasteiger partial charge in [-0.05, 0) is 61.9 Å². The minimum Gasteiger partial charge on any atom is -0.356 e. The molecule has 2 aromatic rings. The highest BCUT2D eigenvalue weighted by molar-refractivity contribution is 5.82. The number of hydrogen-bond acceptors (Lipinski definition) is 5. The molecule has 1 saturated heterocycles. The van der Waals surface area contributed by atoms with Crippen molar-refractivity contribution in [2.45, 2.75) is 46.6 Å². The van der Waals surface area contributed by atoms with Crippen molar-refractivity contribution >= 4 is 12.2 Å². The molecule has 1 fully saturated rings. The van der Waals surface area contributed by atoms with Crippen molar-refractivity contribution in [2.24, 2.45) is 17.8 Å². The van der Waals surface area contributed by atoms with Crippen LogP contribution in [0.15, 0.2) is 34.9 Å². The molecule has 6 nitrogen and oxygen atoms in total. The second kappa shape index (κ2) is 11.7. The van der Waals surface area contributed by atoms with Gasteiger partial charge >= 0.3 is 0 Å². The van der Waals surface area contributed by atoms with Crippen molar-refractivity contribution in [2.75, 3.05) is 20.1 Å². The third-order valence-corrected chi connectivity index (χ3v) is 5.22. The van der Waals surface area contributed by atoms with Gasteiger partial charge in [-0.3, -0.25) is 14.5 Å². The predicted octanol–water partition coefficient (Wildman–Crippen LogP) is 4.42. The van der Waals surface area contributed by atoms with Crippen molar-refractivity contribution in [1.82, 2.24) is 15.4 Å². The van der Waals surface area contributed by atoms with Gasteiger partial charge in [-0.2, -0.15) is 0 Å². The third kappa shape index (κ3) is 7.90. The first-order valence-corrected chi connectivity index (χ1v) is 10.8. The van der Waals surface area contributed by atoms with Crippen molar-refractivity contribution in [3.05, 3.63) is 41.8 Å². The van der Waals surface area contributed by atoms with E-state index in [0.717, 1.165) is 19.5 Å². The summed E-state index contributed by atoms with van der Waals surface area (Å²) in [5.41, 5.74) is 0.913. The molecule has 2 unspecified atom stereocenters. The zero-order chi connectivity index (χ0) is 23.0. The SMILES string of the molecule is CC(C)CC1CNC(=O)C(CC(C)C)N(C)C1.O=Cc1cc(-c2ccc(F)cc2)on1. The molecule has 1 aromatic heterocycles. The van der Waals surface area contributed by atoms with Gasteiger partial charge in [-0.25, -0.2) is 4.39 Å². The molecule has 0 radical (unpaired) electrons. The average molecular weight is 432 g/mol. The summed E-state index contributed by atoms with van der Waals surface area (Å²) in [4.78, 5) is 24.6. The van der Waals surface area contributed by atoms with E-state index in [4.69, 9.17) is 4.52 Å². The van der Waals surface area contributed by atoms with Crippen molar-refractivity contribution < 1.29 is 18.5 Å². The number of halogens is 1. The van der Waals surface area contributed by atoms with Crippen LogP contribution < -0.4 is 5.32 Å². The summed E-state index contributed by atoms with van der Waals surface area (Å²) in [6.45, 7) is 10.7. The van der Waals surface area contributed by atoms with E-state index in [-0.39, 0.29) is 23.5 Å². The Bertz CT molecular complexity index is 833. The van der Waals surface area contributed by atoms with Crippen LogP contribution >= 0.6 is 0 Å². The van der Waals surface area contributed by atoms with Crippen molar-refractivity contribution in [1.29, 1.82) is 0 Å². The van der Waals surface area contributed by atoms with E-state index in [1.807, 2.05) is 0 Å². The van der Waals surface area contributed by atoms with Gasteiger partial charge < -0.3 is 9.84 Å². The number of nitrogens with zero attached hydrogens (tertiary/aromatic N) is 2. The van der Waals surface area contributed by atoms with Crippen LogP contribution in [0.4, 0.5) is 4.39 Å². The number of rotatable bonds is 6. The highest BCUT2D eigenvalue weighted by Crippen LogP contribution is 2.20. The second-order valence-corrected chi connectivity index (χ2v) is 9.07. The number of amides is 1. The van der Waals surface area contributed by atoms with Crippen LogP contribution in [0, 0.1) is 23.6 Å². The summed E-state index contributed by atoms with van der Waals surface area (Å²) in [6.07, 6.45) is 2.74. The maximum absolute atomic E-state index is 12.6. The van der Waals surface area contributed by atoms with E-state index in [0.29, 0.717) is 35.4 Å². The molecule has 0 aliphatic carbocycles. The Hall–Kier alpha value is -2.54. The first kappa shape index (κ1) is 24.7. The Morgan fingerprint density at radius 1 is 1.19 bits per heavy atom. The maximum Gasteiger partial charge on any atom is 0.237 e. The minimum absolute atomic E-state index is 0.0622. The van der Waals surface area contributed by atoms with Crippen LogP contribution in [-0.4, -0.2) is 48.4 Å². The van der Waals surface area contributed by atoms with Crippen LogP contribution in [0.5, 0.6) is 0 Å². The monoisotopic (exact) mass is 431 g/mol. The highest BCUT2D eigenvalue weighted by Gasteiger charge is 2.29. The summed E-state index contributed by atoms with van der Waals surface area (Å²) in [5, 5.41) is 6.60. The average Bonchev–Trinajstić information content (AvgIpc) is 3.15. The molecule has 7 heteroatoms. The second-order valence-electron chi connectivity index (χ2n) is 9.07. The maximum atomic E-state index is 12.6. The number of nitrogens with one attached hydrogen (secondary N) is 1. The topological polar surface area (TPSA) is 75.4 Å². The molecule has 0 saturated carbocycles. The van der Waals surface area contributed by atoms with E-state index in [1.165, 1.54) is 24.6 Å². The summed E-state index contributed by atoms with van der Waals surface area (Å²) in [5.74, 6) is 2.21. The van der Waals surface area contributed by atoms with E-state index in [1.54, 1.807) is 12.1 Å². The number of likely N-dealkylation sites (N-methyl/N-ethyl adjacent to an activating group) is 1. The van der Waals surface area contributed by atoms with Crippen LogP contribution in [0.1, 0.15) is 51.0 Å². The number of aldehydes is 1. The molecule has 2 atom stereocenters. The van der Waals surface area contributed by atoms with Crippen LogP contribution in [0.3, 0.4) is 0 Å². The molecule has 1 aromatic carbocycles. The molecule has 1 amide bonds. The number of carbonyl (C=O) groups is 2. The molecular formula is C24H34FN3O3.